The molecule has 1 aliphatic rings. The van der Waals surface area contributed by atoms with Crippen molar-refractivity contribution in [3.63, 3.8) is 0 Å². The summed E-state index contributed by atoms with van der Waals surface area (Å²) in [4.78, 5) is 9.83. The molecule has 1 aromatic carbocycles. The topological polar surface area (TPSA) is 143 Å². The highest BCUT2D eigenvalue weighted by molar-refractivity contribution is 5.47. The van der Waals surface area contributed by atoms with Crippen molar-refractivity contribution in [3.05, 3.63) is 28.3 Å². The van der Waals surface area contributed by atoms with Crippen molar-refractivity contribution < 1.29 is 34.8 Å². The number of aliphatic hydroxyl groups is 3. The lowest BCUT2D eigenvalue weighted by molar-refractivity contribution is -0.385. The number of phenolic OH excluding ortho intramolecular Hbond substituents is 1. The largest absolute Gasteiger partial charge is 0.504 e. The third-order valence-electron chi connectivity index (χ3n) is 2.90. The van der Waals surface area contributed by atoms with Crippen LogP contribution in [0.5, 0.6) is 11.5 Å². The number of nitrogens with zero attached hydrogens (tertiary/aromatic N) is 1. The van der Waals surface area contributed by atoms with E-state index in [2.05, 4.69) is 0 Å². The highest BCUT2D eigenvalue weighted by Crippen LogP contribution is 2.33. The highest BCUT2D eigenvalue weighted by Gasteiger charge is 2.44. The van der Waals surface area contributed by atoms with Crippen LogP contribution in [-0.2, 0) is 4.74 Å². The predicted molar refractivity (Wildman–Crippen MR) is 63.1 cm³/mol. The molecule has 0 aliphatic carbocycles. The van der Waals surface area contributed by atoms with Crippen LogP contribution in [0.3, 0.4) is 0 Å². The van der Waals surface area contributed by atoms with E-state index < -0.39 is 41.9 Å². The monoisotopic (exact) mass is 287 g/mol. The molecule has 1 aliphatic heterocycles. The molecule has 0 amide bonds. The number of phenols is 1. The first kappa shape index (κ1) is 14.5. The van der Waals surface area contributed by atoms with Crippen molar-refractivity contribution in [3.8, 4) is 11.5 Å². The number of nitro groups is 1. The van der Waals surface area contributed by atoms with Crippen LogP contribution in [0.2, 0.25) is 0 Å². The Labute approximate surface area is 112 Å². The average molecular weight is 287 g/mol. The fraction of sp³-hybridized carbons (Fsp3) is 0.455. The number of hydrogen-bond donors (Lipinski definition) is 4. The number of ether oxygens (including phenoxy) is 2. The Bertz CT molecular complexity index is 507. The van der Waals surface area contributed by atoms with Gasteiger partial charge in [0.1, 0.15) is 18.3 Å². The molecule has 0 bridgehead atoms. The summed E-state index contributed by atoms with van der Waals surface area (Å²) in [7, 11) is 0. The molecule has 0 saturated carbocycles. The van der Waals surface area contributed by atoms with Crippen molar-refractivity contribution in [1.29, 1.82) is 0 Å². The first-order valence-corrected chi connectivity index (χ1v) is 5.70. The lowest BCUT2D eigenvalue weighted by Gasteiger charge is -2.17. The average Bonchev–Trinajstić information content (AvgIpc) is 2.68. The van der Waals surface area contributed by atoms with Gasteiger partial charge >= 0.3 is 0 Å². The Kier molecular flexibility index (Phi) is 4.04. The van der Waals surface area contributed by atoms with E-state index in [0.29, 0.717) is 0 Å². The van der Waals surface area contributed by atoms with Crippen LogP contribution in [0.1, 0.15) is 0 Å². The number of hydrogen-bond acceptors (Lipinski definition) is 8. The first-order chi connectivity index (χ1) is 9.43. The van der Waals surface area contributed by atoms with Gasteiger partial charge in [-0.3, -0.25) is 10.1 Å². The van der Waals surface area contributed by atoms with E-state index in [4.69, 9.17) is 14.6 Å². The number of aliphatic hydroxyl groups excluding tert-OH is 3. The molecular weight excluding hydrogens is 274 g/mol. The van der Waals surface area contributed by atoms with E-state index >= 15 is 0 Å². The van der Waals surface area contributed by atoms with Crippen molar-refractivity contribution >= 4 is 5.69 Å². The second kappa shape index (κ2) is 5.59. The molecule has 4 atom stereocenters. The molecule has 20 heavy (non-hydrogen) atoms. The Hall–Kier alpha value is -1.94. The SMILES string of the molecule is O=[N+]([O-])c1ccc(OC2O[C@H](CO)[C@@H](O)[C@@H]2O)c(O)c1. The fourth-order valence-corrected chi connectivity index (χ4v) is 1.81. The number of aromatic hydroxyl groups is 1. The van der Waals surface area contributed by atoms with E-state index in [1.807, 2.05) is 0 Å². The van der Waals surface area contributed by atoms with Gasteiger partial charge in [0.2, 0.25) is 6.29 Å². The van der Waals surface area contributed by atoms with Gasteiger partial charge in [-0.05, 0) is 6.07 Å². The molecular formula is C11H13NO8. The second-order valence-electron chi connectivity index (χ2n) is 4.23. The number of benzene rings is 1. The molecule has 9 nitrogen and oxygen atoms in total. The van der Waals surface area contributed by atoms with Gasteiger partial charge in [0, 0.05) is 6.07 Å². The summed E-state index contributed by atoms with van der Waals surface area (Å²) < 4.78 is 10.2. The predicted octanol–water partition coefficient (Wildman–Crippen LogP) is -0.882. The Morgan fingerprint density at radius 1 is 1.35 bits per heavy atom. The molecule has 1 saturated heterocycles. The molecule has 110 valence electrons. The summed E-state index contributed by atoms with van der Waals surface area (Å²) in [6.45, 7) is -0.510. The maximum absolute atomic E-state index is 10.5. The standard InChI is InChI=1S/C11H13NO8/c13-4-8-9(15)10(16)11(20-8)19-7-2-1-5(12(17)18)3-6(7)14/h1-3,8-11,13-16H,4H2/t8-,9-,10+,11?/m1/s1. The van der Waals surface area contributed by atoms with Crippen molar-refractivity contribution in [2.24, 2.45) is 0 Å². The molecule has 9 heteroatoms. The van der Waals surface area contributed by atoms with Gasteiger partial charge in [0.15, 0.2) is 11.5 Å². The highest BCUT2D eigenvalue weighted by atomic mass is 16.7. The van der Waals surface area contributed by atoms with Crippen molar-refractivity contribution in [1.82, 2.24) is 0 Å². The van der Waals surface area contributed by atoms with Crippen LogP contribution in [-0.4, -0.2) is 56.6 Å². The summed E-state index contributed by atoms with van der Waals surface area (Å²) in [6, 6.07) is 3.13. The maximum atomic E-state index is 10.5. The van der Waals surface area contributed by atoms with Gasteiger partial charge in [-0.15, -0.1) is 0 Å². The van der Waals surface area contributed by atoms with Crippen LogP contribution in [0.4, 0.5) is 5.69 Å². The number of non-ortho nitro benzene ring substituents is 1. The van der Waals surface area contributed by atoms with Crippen molar-refractivity contribution in [2.45, 2.75) is 24.6 Å². The van der Waals surface area contributed by atoms with E-state index in [-0.39, 0.29) is 11.4 Å². The Balaban J connectivity index is 2.13. The van der Waals surface area contributed by atoms with E-state index in [1.165, 1.54) is 0 Å². The van der Waals surface area contributed by atoms with E-state index in [1.54, 1.807) is 0 Å². The molecule has 0 aromatic heterocycles. The zero-order valence-corrected chi connectivity index (χ0v) is 10.1. The minimum atomic E-state index is -1.42. The third kappa shape index (κ3) is 2.65. The second-order valence-corrected chi connectivity index (χ2v) is 4.23. The lowest BCUT2D eigenvalue weighted by atomic mass is 10.1. The molecule has 0 radical (unpaired) electrons. The zero-order valence-electron chi connectivity index (χ0n) is 10.1. The summed E-state index contributed by atoms with van der Waals surface area (Å²) in [5.74, 6) is -0.651. The molecule has 1 heterocycles. The van der Waals surface area contributed by atoms with Gasteiger partial charge in [-0.1, -0.05) is 0 Å². The third-order valence-corrected chi connectivity index (χ3v) is 2.90. The van der Waals surface area contributed by atoms with Gasteiger partial charge < -0.3 is 29.9 Å². The quantitative estimate of drug-likeness (QED) is 0.413. The van der Waals surface area contributed by atoms with E-state index in [0.717, 1.165) is 18.2 Å². The van der Waals surface area contributed by atoms with Gasteiger partial charge in [-0.2, -0.15) is 0 Å². The normalized spacial score (nSPS) is 29.4. The Morgan fingerprint density at radius 3 is 2.55 bits per heavy atom. The van der Waals surface area contributed by atoms with Gasteiger partial charge in [-0.25, -0.2) is 0 Å². The maximum Gasteiger partial charge on any atom is 0.273 e. The molecule has 4 N–H and O–H groups in total. The summed E-state index contributed by atoms with van der Waals surface area (Å²) >= 11 is 0. The van der Waals surface area contributed by atoms with Crippen LogP contribution in [0.25, 0.3) is 0 Å². The molecule has 0 spiro atoms. The van der Waals surface area contributed by atoms with Crippen LogP contribution >= 0.6 is 0 Å². The molecule has 1 aromatic rings. The van der Waals surface area contributed by atoms with Gasteiger partial charge in [0.05, 0.1) is 17.6 Å². The van der Waals surface area contributed by atoms with E-state index in [9.17, 15) is 25.4 Å². The smallest absolute Gasteiger partial charge is 0.273 e. The number of rotatable bonds is 4. The zero-order chi connectivity index (χ0) is 14.9. The van der Waals surface area contributed by atoms with Crippen LogP contribution < -0.4 is 4.74 Å². The lowest BCUT2D eigenvalue weighted by Crippen LogP contribution is -2.35. The van der Waals surface area contributed by atoms with Gasteiger partial charge in [0.25, 0.3) is 5.69 Å². The van der Waals surface area contributed by atoms with Crippen LogP contribution in [0, 0.1) is 10.1 Å². The summed E-state index contributed by atoms with van der Waals surface area (Å²) in [5.41, 5.74) is -0.323. The molecule has 2 rings (SSSR count). The molecule has 1 unspecified atom stereocenters. The van der Waals surface area contributed by atoms with Crippen LogP contribution in [0.15, 0.2) is 18.2 Å². The minimum Gasteiger partial charge on any atom is -0.504 e. The number of nitro benzene ring substituents is 1. The fourth-order valence-electron chi connectivity index (χ4n) is 1.81. The molecule has 1 fully saturated rings. The summed E-state index contributed by atoms with van der Waals surface area (Å²) in [5, 5.41) is 48.2. The summed E-state index contributed by atoms with van der Waals surface area (Å²) in [6.07, 6.45) is -5.04. The first-order valence-electron chi connectivity index (χ1n) is 5.70. The van der Waals surface area contributed by atoms with Crippen molar-refractivity contribution in [2.75, 3.05) is 6.61 Å². The Morgan fingerprint density at radius 2 is 2.05 bits per heavy atom. The minimum absolute atomic E-state index is 0.148.